The van der Waals surface area contributed by atoms with Gasteiger partial charge in [0.25, 0.3) is 0 Å². The van der Waals surface area contributed by atoms with Gasteiger partial charge in [-0.2, -0.15) is 0 Å². The van der Waals surface area contributed by atoms with E-state index in [1.807, 2.05) is 6.20 Å². The Labute approximate surface area is 118 Å². The van der Waals surface area contributed by atoms with Gasteiger partial charge in [-0.1, -0.05) is 12.5 Å². The van der Waals surface area contributed by atoms with Crippen LogP contribution in [-0.4, -0.2) is 27.4 Å². The second-order valence-corrected chi connectivity index (χ2v) is 5.72. The Bertz CT molecular complexity index is 738. The first kappa shape index (κ1) is 11.9. The van der Waals surface area contributed by atoms with Crippen molar-refractivity contribution < 1.29 is 0 Å². The Hall–Kier alpha value is -1.87. The van der Waals surface area contributed by atoms with Gasteiger partial charge in [0.2, 0.25) is 0 Å². The van der Waals surface area contributed by atoms with E-state index in [9.17, 15) is 0 Å². The molecule has 0 saturated carbocycles. The number of aromatic nitrogens is 2. The molecule has 0 N–H and O–H groups in total. The zero-order valence-electron chi connectivity index (χ0n) is 11.6. The lowest BCUT2D eigenvalue weighted by Gasteiger charge is -2.26. The van der Waals surface area contributed by atoms with Crippen LogP contribution in [0.5, 0.6) is 0 Å². The zero-order chi connectivity index (χ0) is 13.4. The molecule has 1 aromatic carbocycles. The molecule has 0 radical (unpaired) electrons. The summed E-state index contributed by atoms with van der Waals surface area (Å²) in [5, 5.41) is 0. The highest BCUT2D eigenvalue weighted by Crippen LogP contribution is 2.19. The number of piperidine rings is 1. The lowest BCUT2D eigenvalue weighted by atomic mass is 10.1. The van der Waals surface area contributed by atoms with Crippen LogP contribution in [0.2, 0.25) is 0 Å². The summed E-state index contributed by atoms with van der Waals surface area (Å²) in [4.78, 5) is 7.10. The molecule has 0 atom stereocenters. The van der Waals surface area contributed by atoms with Crippen LogP contribution in [0.3, 0.4) is 0 Å². The third kappa shape index (κ3) is 2.08. The van der Waals surface area contributed by atoms with Gasteiger partial charge in [0.15, 0.2) is 0 Å². The minimum atomic E-state index is 1.06. The first-order chi connectivity index (χ1) is 9.90. The monoisotopic (exact) mass is 265 g/mol. The molecule has 0 spiro atoms. The number of hydrogen-bond donors (Lipinski definition) is 0. The fraction of sp³-hybridized carbons (Fsp3) is 0.353. The number of rotatable bonds is 2. The molecule has 102 valence electrons. The Morgan fingerprint density at radius 1 is 1.05 bits per heavy atom. The zero-order valence-corrected chi connectivity index (χ0v) is 11.6. The lowest BCUT2D eigenvalue weighted by molar-refractivity contribution is 0.221. The molecular formula is C17H19N3. The molecule has 1 fully saturated rings. The van der Waals surface area contributed by atoms with Gasteiger partial charge in [0.05, 0.1) is 22.7 Å². The van der Waals surface area contributed by atoms with Crippen molar-refractivity contribution in [1.82, 2.24) is 14.3 Å². The fourth-order valence-electron chi connectivity index (χ4n) is 3.20. The smallest absolute Gasteiger partial charge is 0.0871 e. The predicted octanol–water partition coefficient (Wildman–Crippen LogP) is 3.47. The van der Waals surface area contributed by atoms with E-state index >= 15 is 0 Å². The summed E-state index contributed by atoms with van der Waals surface area (Å²) in [7, 11) is 0. The third-order valence-corrected chi connectivity index (χ3v) is 4.27. The first-order valence-electron chi connectivity index (χ1n) is 7.47. The molecule has 0 amide bonds. The average molecular weight is 265 g/mol. The highest BCUT2D eigenvalue weighted by atomic mass is 15.1. The van der Waals surface area contributed by atoms with Crippen molar-refractivity contribution >= 4 is 16.6 Å². The molecule has 3 heteroatoms. The fourth-order valence-corrected chi connectivity index (χ4v) is 3.20. The van der Waals surface area contributed by atoms with Crippen molar-refractivity contribution in [3.05, 3.63) is 48.3 Å². The Morgan fingerprint density at radius 2 is 1.95 bits per heavy atom. The van der Waals surface area contributed by atoms with E-state index in [0.717, 1.165) is 17.6 Å². The maximum Gasteiger partial charge on any atom is 0.0871 e. The van der Waals surface area contributed by atoms with E-state index in [4.69, 9.17) is 0 Å². The Kier molecular flexibility index (Phi) is 2.92. The third-order valence-electron chi connectivity index (χ3n) is 4.27. The summed E-state index contributed by atoms with van der Waals surface area (Å²) < 4.78 is 2.22. The van der Waals surface area contributed by atoms with E-state index < -0.39 is 0 Å². The minimum absolute atomic E-state index is 1.06. The lowest BCUT2D eigenvalue weighted by Crippen LogP contribution is -2.29. The maximum atomic E-state index is 4.54. The number of fused-ring (bicyclic) bond motifs is 3. The molecular weight excluding hydrogens is 246 g/mol. The van der Waals surface area contributed by atoms with E-state index in [-0.39, 0.29) is 0 Å². The van der Waals surface area contributed by atoms with E-state index in [0.29, 0.717) is 0 Å². The maximum absolute atomic E-state index is 4.54. The van der Waals surface area contributed by atoms with Crippen molar-refractivity contribution in [2.75, 3.05) is 13.1 Å². The molecule has 20 heavy (non-hydrogen) atoms. The van der Waals surface area contributed by atoms with Gasteiger partial charge in [-0.15, -0.1) is 0 Å². The molecule has 3 heterocycles. The summed E-state index contributed by atoms with van der Waals surface area (Å²) in [5.41, 5.74) is 4.83. The van der Waals surface area contributed by atoms with Gasteiger partial charge in [-0.3, -0.25) is 9.88 Å². The molecule has 2 aromatic heterocycles. The second kappa shape index (κ2) is 4.91. The minimum Gasteiger partial charge on any atom is -0.314 e. The van der Waals surface area contributed by atoms with Gasteiger partial charge < -0.3 is 4.40 Å². The molecule has 1 aliphatic rings. The van der Waals surface area contributed by atoms with Crippen LogP contribution in [-0.2, 0) is 6.54 Å². The quantitative estimate of drug-likeness (QED) is 0.707. The standard InChI is InChI=1S/C17H19N3/c1-2-8-19(9-3-1)13-14-6-7-16-17(11-14)20-10-4-5-15(20)12-18-16/h4-7,10-12H,1-3,8-9,13H2. The molecule has 0 unspecified atom stereocenters. The van der Waals surface area contributed by atoms with E-state index in [1.165, 1.54) is 43.4 Å². The van der Waals surface area contributed by atoms with Crippen LogP contribution in [0, 0.1) is 0 Å². The molecule has 4 rings (SSSR count). The van der Waals surface area contributed by atoms with Crippen molar-refractivity contribution in [2.24, 2.45) is 0 Å². The van der Waals surface area contributed by atoms with Crippen LogP contribution >= 0.6 is 0 Å². The largest absolute Gasteiger partial charge is 0.314 e. The summed E-state index contributed by atoms with van der Waals surface area (Å²) in [6, 6.07) is 10.8. The van der Waals surface area contributed by atoms with Crippen LogP contribution in [0.15, 0.2) is 42.7 Å². The number of benzene rings is 1. The summed E-state index contributed by atoms with van der Waals surface area (Å²) in [6.45, 7) is 3.54. The number of likely N-dealkylation sites (tertiary alicyclic amines) is 1. The second-order valence-electron chi connectivity index (χ2n) is 5.72. The molecule has 0 bridgehead atoms. The average Bonchev–Trinajstić information content (AvgIpc) is 2.97. The van der Waals surface area contributed by atoms with E-state index in [2.05, 4.69) is 50.8 Å². The first-order valence-corrected chi connectivity index (χ1v) is 7.47. The summed E-state index contributed by atoms with van der Waals surface area (Å²) in [6.07, 6.45) is 8.13. The normalized spacial score (nSPS) is 17.0. The van der Waals surface area contributed by atoms with Crippen LogP contribution in [0.25, 0.3) is 16.6 Å². The highest BCUT2D eigenvalue weighted by molar-refractivity contribution is 5.78. The van der Waals surface area contributed by atoms with Crippen molar-refractivity contribution in [2.45, 2.75) is 25.8 Å². The number of hydrogen-bond acceptors (Lipinski definition) is 2. The van der Waals surface area contributed by atoms with Gasteiger partial charge in [0, 0.05) is 12.7 Å². The molecule has 1 aliphatic heterocycles. The highest BCUT2D eigenvalue weighted by Gasteiger charge is 2.11. The summed E-state index contributed by atoms with van der Waals surface area (Å²) >= 11 is 0. The predicted molar refractivity (Wildman–Crippen MR) is 81.8 cm³/mol. The molecule has 3 aromatic rings. The van der Waals surface area contributed by atoms with Crippen molar-refractivity contribution in [1.29, 1.82) is 0 Å². The van der Waals surface area contributed by atoms with Gasteiger partial charge in [-0.05, 0) is 55.8 Å². The Balaban J connectivity index is 1.73. The molecule has 3 nitrogen and oxygen atoms in total. The van der Waals surface area contributed by atoms with Crippen molar-refractivity contribution in [3.8, 4) is 0 Å². The van der Waals surface area contributed by atoms with Gasteiger partial charge in [-0.25, -0.2) is 0 Å². The Morgan fingerprint density at radius 3 is 2.85 bits per heavy atom. The molecule has 0 aliphatic carbocycles. The SMILES string of the molecule is c1cc2cnc3ccc(CN4CCCCC4)cc3n2c1. The molecule has 1 saturated heterocycles. The van der Waals surface area contributed by atoms with Crippen LogP contribution in [0.4, 0.5) is 0 Å². The summed E-state index contributed by atoms with van der Waals surface area (Å²) in [5.74, 6) is 0. The van der Waals surface area contributed by atoms with Crippen LogP contribution in [0.1, 0.15) is 24.8 Å². The topological polar surface area (TPSA) is 20.5 Å². The van der Waals surface area contributed by atoms with Gasteiger partial charge in [0.1, 0.15) is 0 Å². The van der Waals surface area contributed by atoms with E-state index in [1.54, 1.807) is 0 Å². The van der Waals surface area contributed by atoms with Crippen LogP contribution < -0.4 is 0 Å². The number of nitrogens with zero attached hydrogens (tertiary/aromatic N) is 3. The van der Waals surface area contributed by atoms with Gasteiger partial charge >= 0.3 is 0 Å². The van der Waals surface area contributed by atoms with Crippen molar-refractivity contribution in [3.63, 3.8) is 0 Å².